The molecule has 0 unspecified atom stereocenters. The van der Waals surface area contributed by atoms with E-state index in [1.54, 1.807) is 0 Å². The summed E-state index contributed by atoms with van der Waals surface area (Å²) in [5, 5.41) is 10.9. The van der Waals surface area contributed by atoms with Gasteiger partial charge in [-0.05, 0) is 30.5 Å². The molecule has 0 spiro atoms. The van der Waals surface area contributed by atoms with Gasteiger partial charge in [0.1, 0.15) is 6.54 Å². The summed E-state index contributed by atoms with van der Waals surface area (Å²) < 4.78 is 0. The summed E-state index contributed by atoms with van der Waals surface area (Å²) in [6, 6.07) is 5.90. The fourth-order valence-electron chi connectivity index (χ4n) is 2.17. The molecule has 1 aliphatic rings. The summed E-state index contributed by atoms with van der Waals surface area (Å²) in [5.74, 6) is -0.136. The van der Waals surface area contributed by atoms with E-state index in [1.165, 1.54) is 5.56 Å². The van der Waals surface area contributed by atoms with E-state index in [0.29, 0.717) is 0 Å². The first-order valence-corrected chi connectivity index (χ1v) is 5.89. The van der Waals surface area contributed by atoms with Crippen LogP contribution in [0.2, 0.25) is 0 Å². The van der Waals surface area contributed by atoms with Gasteiger partial charge in [0.2, 0.25) is 5.91 Å². The molecule has 1 heterocycles. The lowest BCUT2D eigenvalue weighted by Crippen LogP contribution is -2.36. The Bertz CT molecular complexity index is 518. The third-order valence-electron chi connectivity index (χ3n) is 3.16. The summed E-state index contributed by atoms with van der Waals surface area (Å²) in [7, 11) is 0. The second-order valence-corrected chi connectivity index (χ2v) is 4.44. The van der Waals surface area contributed by atoms with Gasteiger partial charge in [-0.1, -0.05) is 6.07 Å². The van der Waals surface area contributed by atoms with Gasteiger partial charge in [0.05, 0.1) is 12.6 Å². The molecule has 0 saturated heterocycles. The minimum absolute atomic E-state index is 0.0512. The van der Waals surface area contributed by atoms with Crippen LogP contribution in [0.1, 0.15) is 11.1 Å². The molecule has 0 bridgehead atoms. The zero-order valence-electron chi connectivity index (χ0n) is 10.4. The van der Waals surface area contributed by atoms with E-state index in [2.05, 4.69) is 11.4 Å². The molecule has 1 amide bonds. The van der Waals surface area contributed by atoms with Crippen LogP contribution in [-0.4, -0.2) is 25.5 Å². The average molecular weight is 244 g/mol. The Morgan fingerprint density at radius 2 is 2.39 bits per heavy atom. The Kier molecular flexibility index (Phi) is 3.38. The fraction of sp³-hybridized carbons (Fsp3) is 0.385. The molecule has 0 saturated carbocycles. The van der Waals surface area contributed by atoms with Gasteiger partial charge in [0.15, 0.2) is 0 Å². The third-order valence-corrected chi connectivity index (χ3v) is 3.16. The number of benzene rings is 1. The SMILES string of the molecule is Cc1cc2c(cc1N)N(CC(=O)NCC#N)CC2. The highest BCUT2D eigenvalue weighted by atomic mass is 16.2. The van der Waals surface area contributed by atoms with Gasteiger partial charge < -0.3 is 16.0 Å². The highest BCUT2D eigenvalue weighted by Crippen LogP contribution is 2.31. The highest BCUT2D eigenvalue weighted by molar-refractivity contribution is 5.83. The Morgan fingerprint density at radius 3 is 3.11 bits per heavy atom. The van der Waals surface area contributed by atoms with Crippen molar-refractivity contribution in [3.63, 3.8) is 0 Å². The Morgan fingerprint density at radius 1 is 1.61 bits per heavy atom. The van der Waals surface area contributed by atoms with Crippen molar-refractivity contribution in [1.82, 2.24) is 5.32 Å². The van der Waals surface area contributed by atoms with E-state index in [1.807, 2.05) is 24.0 Å². The Labute approximate surface area is 106 Å². The molecule has 0 aromatic heterocycles. The van der Waals surface area contributed by atoms with Crippen LogP contribution in [0.25, 0.3) is 0 Å². The van der Waals surface area contributed by atoms with E-state index in [4.69, 9.17) is 11.0 Å². The summed E-state index contributed by atoms with van der Waals surface area (Å²) >= 11 is 0. The van der Waals surface area contributed by atoms with Crippen molar-refractivity contribution >= 4 is 17.3 Å². The van der Waals surface area contributed by atoms with Crippen LogP contribution in [-0.2, 0) is 11.2 Å². The molecule has 1 aromatic carbocycles. The zero-order chi connectivity index (χ0) is 13.1. The monoisotopic (exact) mass is 244 g/mol. The molecule has 0 fully saturated rings. The van der Waals surface area contributed by atoms with Crippen molar-refractivity contribution in [3.05, 3.63) is 23.3 Å². The lowest BCUT2D eigenvalue weighted by Gasteiger charge is -2.19. The van der Waals surface area contributed by atoms with Gasteiger partial charge in [-0.3, -0.25) is 4.79 Å². The second-order valence-electron chi connectivity index (χ2n) is 4.44. The number of carbonyl (C=O) groups is 1. The number of aryl methyl sites for hydroxylation is 1. The standard InChI is InChI=1S/C13H16N4O/c1-9-6-10-2-5-17(12(10)7-11(9)15)8-13(18)16-4-3-14/h6-7H,2,4-5,8,15H2,1H3,(H,16,18). The summed E-state index contributed by atoms with van der Waals surface area (Å²) in [4.78, 5) is 13.6. The lowest BCUT2D eigenvalue weighted by molar-refractivity contribution is -0.119. The van der Waals surface area contributed by atoms with Crippen molar-refractivity contribution in [3.8, 4) is 6.07 Å². The first-order chi connectivity index (χ1) is 8.61. The molecule has 1 aromatic rings. The third kappa shape index (κ3) is 2.38. The first-order valence-electron chi connectivity index (χ1n) is 5.89. The van der Waals surface area contributed by atoms with Gasteiger partial charge in [-0.2, -0.15) is 5.26 Å². The van der Waals surface area contributed by atoms with Gasteiger partial charge in [0, 0.05) is 17.9 Å². The number of anilines is 2. The van der Waals surface area contributed by atoms with E-state index in [9.17, 15) is 4.79 Å². The highest BCUT2D eigenvalue weighted by Gasteiger charge is 2.21. The number of nitrogen functional groups attached to an aromatic ring is 1. The number of fused-ring (bicyclic) bond motifs is 1. The van der Waals surface area contributed by atoms with Gasteiger partial charge in [-0.15, -0.1) is 0 Å². The molecule has 5 nitrogen and oxygen atoms in total. The Balaban J connectivity index is 2.10. The van der Waals surface area contributed by atoms with Crippen molar-refractivity contribution in [1.29, 1.82) is 5.26 Å². The topological polar surface area (TPSA) is 82.2 Å². The zero-order valence-corrected chi connectivity index (χ0v) is 10.4. The quantitative estimate of drug-likeness (QED) is 0.602. The number of hydrogen-bond acceptors (Lipinski definition) is 4. The molecule has 0 radical (unpaired) electrons. The predicted molar refractivity (Wildman–Crippen MR) is 70.1 cm³/mol. The molecular formula is C13H16N4O. The lowest BCUT2D eigenvalue weighted by atomic mass is 10.1. The molecule has 0 aliphatic carbocycles. The number of nitriles is 1. The van der Waals surface area contributed by atoms with E-state index in [-0.39, 0.29) is 19.0 Å². The van der Waals surface area contributed by atoms with Crippen molar-refractivity contribution in [2.24, 2.45) is 0 Å². The van der Waals surface area contributed by atoms with Crippen molar-refractivity contribution in [2.75, 3.05) is 30.3 Å². The largest absolute Gasteiger partial charge is 0.398 e. The number of nitrogens with zero attached hydrogens (tertiary/aromatic N) is 2. The van der Waals surface area contributed by atoms with Crippen LogP contribution < -0.4 is 16.0 Å². The van der Waals surface area contributed by atoms with E-state index >= 15 is 0 Å². The van der Waals surface area contributed by atoms with Crippen LogP contribution in [0.4, 0.5) is 11.4 Å². The van der Waals surface area contributed by atoms with Gasteiger partial charge in [-0.25, -0.2) is 0 Å². The summed E-state index contributed by atoms with van der Waals surface area (Å²) in [6.07, 6.45) is 0.933. The molecular weight excluding hydrogens is 228 g/mol. The van der Waals surface area contributed by atoms with Crippen LogP contribution in [0.15, 0.2) is 12.1 Å². The normalized spacial score (nSPS) is 13.0. The average Bonchev–Trinajstić information content (AvgIpc) is 2.70. The smallest absolute Gasteiger partial charge is 0.240 e. The number of nitrogens with one attached hydrogen (secondary N) is 1. The Hall–Kier alpha value is -2.22. The van der Waals surface area contributed by atoms with Crippen LogP contribution in [0.5, 0.6) is 0 Å². The van der Waals surface area contributed by atoms with Gasteiger partial charge >= 0.3 is 0 Å². The molecule has 18 heavy (non-hydrogen) atoms. The molecule has 0 atom stereocenters. The summed E-state index contributed by atoms with van der Waals surface area (Å²) in [6.45, 7) is 3.13. The summed E-state index contributed by atoms with van der Waals surface area (Å²) in [5.41, 5.74) is 9.98. The van der Waals surface area contributed by atoms with Crippen molar-refractivity contribution < 1.29 is 4.79 Å². The molecule has 3 N–H and O–H groups in total. The van der Waals surface area contributed by atoms with Crippen LogP contribution in [0, 0.1) is 18.3 Å². The maximum Gasteiger partial charge on any atom is 0.240 e. The number of carbonyl (C=O) groups excluding carboxylic acids is 1. The maximum absolute atomic E-state index is 11.6. The van der Waals surface area contributed by atoms with Crippen LogP contribution in [0.3, 0.4) is 0 Å². The maximum atomic E-state index is 11.6. The number of hydrogen-bond donors (Lipinski definition) is 2. The van der Waals surface area contributed by atoms with Crippen molar-refractivity contribution in [2.45, 2.75) is 13.3 Å². The van der Waals surface area contributed by atoms with Gasteiger partial charge in [0.25, 0.3) is 0 Å². The predicted octanol–water partition coefficient (Wildman–Crippen LogP) is 0.579. The minimum Gasteiger partial charge on any atom is -0.398 e. The first kappa shape index (κ1) is 12.2. The number of amides is 1. The molecule has 2 rings (SSSR count). The number of nitrogens with two attached hydrogens (primary N) is 1. The molecule has 94 valence electrons. The van der Waals surface area contributed by atoms with E-state index in [0.717, 1.165) is 29.9 Å². The number of rotatable bonds is 3. The molecule has 5 heteroatoms. The van der Waals surface area contributed by atoms with Crippen LogP contribution >= 0.6 is 0 Å². The minimum atomic E-state index is -0.136. The molecule has 1 aliphatic heterocycles. The van der Waals surface area contributed by atoms with E-state index < -0.39 is 0 Å². The fourth-order valence-corrected chi connectivity index (χ4v) is 2.17. The second kappa shape index (κ2) is 4.96.